The molecule has 1 heterocycles. The van der Waals surface area contributed by atoms with Crippen molar-refractivity contribution in [3.63, 3.8) is 0 Å². The van der Waals surface area contributed by atoms with Gasteiger partial charge < -0.3 is 4.74 Å². The molecule has 0 bridgehead atoms. The molecule has 1 aliphatic rings. The van der Waals surface area contributed by atoms with E-state index in [1.54, 1.807) is 12.1 Å². The van der Waals surface area contributed by atoms with E-state index >= 15 is 0 Å². The van der Waals surface area contributed by atoms with Gasteiger partial charge in [-0.1, -0.05) is 24.3 Å². The molecule has 1 amide bonds. The summed E-state index contributed by atoms with van der Waals surface area (Å²) in [6.45, 7) is -0.681. The second-order valence-electron chi connectivity index (χ2n) is 5.70. The highest BCUT2D eigenvalue weighted by atomic mass is 32.2. The van der Waals surface area contributed by atoms with Crippen molar-refractivity contribution in [1.29, 1.82) is 0 Å². The van der Waals surface area contributed by atoms with Crippen LogP contribution in [0.2, 0.25) is 0 Å². The zero-order chi connectivity index (χ0) is 20.3. The number of para-hydroxylation sites is 1. The smallest absolute Gasteiger partial charge is 0.330 e. The highest BCUT2D eigenvalue weighted by Gasteiger charge is 2.40. The molecule has 144 valence electrons. The number of rotatable bonds is 6. The number of nitro groups is 1. The largest absolute Gasteiger partial charge is 0.461 e. The molecule has 0 saturated carbocycles. The third-order valence-corrected chi connectivity index (χ3v) is 5.82. The van der Waals surface area contributed by atoms with E-state index in [4.69, 9.17) is 4.74 Å². The summed E-state index contributed by atoms with van der Waals surface area (Å²) < 4.78 is 30.3. The number of nitro benzene ring substituents is 1. The highest BCUT2D eigenvalue weighted by Crippen LogP contribution is 2.29. The Hall–Kier alpha value is -3.53. The fourth-order valence-corrected chi connectivity index (χ4v) is 4.23. The average molecular weight is 402 g/mol. The van der Waals surface area contributed by atoms with Gasteiger partial charge in [0.25, 0.3) is 21.6 Å². The van der Waals surface area contributed by atoms with Crippen molar-refractivity contribution in [3.05, 3.63) is 75.8 Å². The van der Waals surface area contributed by atoms with Gasteiger partial charge in [0, 0.05) is 12.1 Å². The Labute approximate surface area is 160 Å². The Morgan fingerprint density at radius 3 is 2.54 bits per heavy atom. The lowest BCUT2D eigenvalue weighted by molar-refractivity contribution is -0.385. The average Bonchev–Trinajstić information content (AvgIpc) is 2.87. The number of sulfonamides is 1. The third kappa shape index (κ3) is 3.62. The number of nitrogens with zero attached hydrogens (tertiary/aromatic N) is 2. The van der Waals surface area contributed by atoms with Crippen LogP contribution in [0.4, 0.5) is 5.69 Å². The minimum Gasteiger partial charge on any atom is -0.461 e. The minimum atomic E-state index is -3.96. The van der Waals surface area contributed by atoms with Gasteiger partial charge in [0.1, 0.15) is 11.5 Å². The highest BCUT2D eigenvalue weighted by molar-refractivity contribution is 7.90. The Balaban J connectivity index is 1.61. The lowest BCUT2D eigenvalue weighted by Gasteiger charge is -2.14. The molecule has 0 unspecified atom stereocenters. The maximum Gasteiger partial charge on any atom is 0.330 e. The van der Waals surface area contributed by atoms with Crippen LogP contribution < -0.4 is 0 Å². The maximum absolute atomic E-state index is 12.4. The molecule has 3 rings (SSSR count). The summed E-state index contributed by atoms with van der Waals surface area (Å²) in [6, 6.07) is 11.7. The Morgan fingerprint density at radius 2 is 1.82 bits per heavy atom. The lowest BCUT2D eigenvalue weighted by Crippen LogP contribution is -2.33. The first-order valence-corrected chi connectivity index (χ1v) is 9.51. The summed E-state index contributed by atoms with van der Waals surface area (Å²) in [5.41, 5.74) is 0.125. The molecule has 0 saturated heterocycles. The van der Waals surface area contributed by atoms with Crippen LogP contribution in [0.1, 0.15) is 15.9 Å². The summed E-state index contributed by atoms with van der Waals surface area (Å²) in [5.74, 6) is -1.50. The predicted octanol–water partition coefficient (Wildman–Crippen LogP) is 2.00. The van der Waals surface area contributed by atoms with Crippen LogP contribution in [0.15, 0.2) is 59.5 Å². The summed E-state index contributed by atoms with van der Waals surface area (Å²) in [6.07, 6.45) is 2.23. The van der Waals surface area contributed by atoms with Crippen molar-refractivity contribution in [2.24, 2.45) is 0 Å². The molecular weight excluding hydrogens is 388 g/mol. The van der Waals surface area contributed by atoms with Crippen molar-refractivity contribution < 1.29 is 27.7 Å². The number of esters is 1. The number of hydrogen-bond acceptors (Lipinski definition) is 7. The van der Waals surface area contributed by atoms with Crippen molar-refractivity contribution in [1.82, 2.24) is 4.31 Å². The zero-order valence-corrected chi connectivity index (χ0v) is 15.2. The van der Waals surface area contributed by atoms with Crippen LogP contribution in [0, 0.1) is 10.1 Å². The monoisotopic (exact) mass is 402 g/mol. The first-order chi connectivity index (χ1) is 13.3. The number of benzene rings is 2. The van der Waals surface area contributed by atoms with Gasteiger partial charge in [-0.3, -0.25) is 14.9 Å². The molecule has 0 aromatic heterocycles. The number of fused-ring (bicyclic) bond motifs is 1. The fourth-order valence-electron chi connectivity index (χ4n) is 2.68. The van der Waals surface area contributed by atoms with E-state index < -0.39 is 26.8 Å². The molecular formula is C18H14N2O7S. The molecule has 1 aliphatic heterocycles. The molecule has 9 nitrogen and oxygen atoms in total. The van der Waals surface area contributed by atoms with Crippen LogP contribution in [0.3, 0.4) is 0 Å². The van der Waals surface area contributed by atoms with E-state index in [1.165, 1.54) is 42.5 Å². The summed E-state index contributed by atoms with van der Waals surface area (Å²) in [5, 5.41) is 10.9. The van der Waals surface area contributed by atoms with Crippen molar-refractivity contribution in [3.8, 4) is 0 Å². The molecule has 2 aromatic carbocycles. The molecule has 28 heavy (non-hydrogen) atoms. The summed E-state index contributed by atoms with van der Waals surface area (Å²) in [7, 11) is -3.96. The maximum atomic E-state index is 12.4. The van der Waals surface area contributed by atoms with Gasteiger partial charge in [-0.15, -0.1) is 0 Å². The zero-order valence-electron chi connectivity index (χ0n) is 14.3. The predicted molar refractivity (Wildman–Crippen MR) is 97.8 cm³/mol. The molecule has 0 radical (unpaired) electrons. The normalized spacial score (nSPS) is 14.9. The molecule has 2 aromatic rings. The van der Waals surface area contributed by atoms with Crippen LogP contribution in [0.5, 0.6) is 0 Å². The Kier molecular flexibility index (Phi) is 5.23. The second kappa shape index (κ2) is 7.61. The lowest BCUT2D eigenvalue weighted by atomic mass is 10.1. The standard InChI is InChI=1S/C18H14N2O7S/c21-17(10-9-13-5-1-3-7-15(13)20(23)24)27-12-11-19-18(22)14-6-2-4-8-16(14)28(19,25)26/h1-10H,11-12H2. The number of ether oxygens (including phenoxy) is 1. The van der Waals surface area contributed by atoms with E-state index in [0.29, 0.717) is 4.31 Å². The van der Waals surface area contributed by atoms with E-state index in [0.717, 1.165) is 6.08 Å². The van der Waals surface area contributed by atoms with Crippen molar-refractivity contribution in [2.75, 3.05) is 13.2 Å². The van der Waals surface area contributed by atoms with E-state index in [2.05, 4.69) is 0 Å². The number of amides is 1. The van der Waals surface area contributed by atoms with E-state index in [1.807, 2.05) is 0 Å². The SMILES string of the molecule is O=C(C=Cc1ccccc1[N+](=O)[O-])OCCN1C(=O)c2ccccc2S1(=O)=O. The minimum absolute atomic E-state index is 0.0742. The Bertz CT molecular complexity index is 1090. The molecule has 0 fully saturated rings. The van der Waals surface area contributed by atoms with Gasteiger partial charge >= 0.3 is 5.97 Å². The van der Waals surface area contributed by atoms with E-state index in [-0.39, 0.29) is 34.9 Å². The van der Waals surface area contributed by atoms with Crippen LogP contribution >= 0.6 is 0 Å². The number of carbonyl (C=O) groups is 2. The summed E-state index contributed by atoms with van der Waals surface area (Å²) >= 11 is 0. The van der Waals surface area contributed by atoms with Crippen molar-refractivity contribution >= 4 is 33.7 Å². The molecule has 10 heteroatoms. The second-order valence-corrected chi connectivity index (χ2v) is 7.53. The fraction of sp³-hybridized carbons (Fsp3) is 0.111. The first-order valence-electron chi connectivity index (χ1n) is 8.07. The number of hydrogen-bond donors (Lipinski definition) is 0. The third-order valence-electron chi connectivity index (χ3n) is 3.98. The van der Waals surface area contributed by atoms with E-state index in [9.17, 15) is 28.1 Å². The van der Waals surface area contributed by atoms with Crippen molar-refractivity contribution in [2.45, 2.75) is 4.90 Å². The van der Waals surface area contributed by atoms with Gasteiger partial charge in [-0.2, -0.15) is 0 Å². The molecule has 0 atom stereocenters. The van der Waals surface area contributed by atoms with Crippen LogP contribution in [0.25, 0.3) is 6.08 Å². The van der Waals surface area contributed by atoms with Gasteiger partial charge in [0.15, 0.2) is 0 Å². The summed E-state index contributed by atoms with van der Waals surface area (Å²) in [4.78, 5) is 34.3. The van der Waals surface area contributed by atoms with Crippen LogP contribution in [-0.4, -0.2) is 42.7 Å². The number of carbonyl (C=O) groups excluding carboxylic acids is 2. The molecule has 0 N–H and O–H groups in total. The topological polar surface area (TPSA) is 124 Å². The van der Waals surface area contributed by atoms with Gasteiger partial charge in [-0.05, 0) is 24.3 Å². The van der Waals surface area contributed by atoms with Gasteiger partial charge in [0.05, 0.1) is 22.6 Å². The molecule has 0 spiro atoms. The first kappa shape index (κ1) is 19.2. The van der Waals surface area contributed by atoms with Gasteiger partial charge in [-0.25, -0.2) is 17.5 Å². The van der Waals surface area contributed by atoms with Gasteiger partial charge in [0.2, 0.25) is 0 Å². The Morgan fingerprint density at radius 1 is 1.14 bits per heavy atom. The molecule has 0 aliphatic carbocycles. The van der Waals surface area contributed by atoms with Crippen LogP contribution in [-0.2, 0) is 19.6 Å². The quantitative estimate of drug-likeness (QED) is 0.313.